The second-order valence-corrected chi connectivity index (χ2v) is 4.26. The number of nitrogens with zero attached hydrogens (tertiary/aromatic N) is 3. The number of nitriles is 1. The van der Waals surface area contributed by atoms with Gasteiger partial charge in [-0.25, -0.2) is 5.01 Å². The van der Waals surface area contributed by atoms with E-state index in [1.807, 2.05) is 11.1 Å². The highest BCUT2D eigenvalue weighted by atomic mass is 16.6. The monoisotopic (exact) mass is 246 g/mol. The van der Waals surface area contributed by atoms with Crippen LogP contribution in [0.15, 0.2) is 18.2 Å². The molecule has 1 aromatic rings. The maximum absolute atomic E-state index is 10.6. The van der Waals surface area contributed by atoms with Crippen molar-refractivity contribution in [2.75, 3.05) is 18.5 Å². The molecule has 0 radical (unpaired) electrons. The molecule has 1 aromatic carbocycles. The van der Waals surface area contributed by atoms with E-state index in [0.717, 1.165) is 25.9 Å². The fourth-order valence-corrected chi connectivity index (χ4v) is 2.01. The summed E-state index contributed by atoms with van der Waals surface area (Å²) in [6, 6.07) is 6.28. The molecule has 1 N–H and O–H groups in total. The van der Waals surface area contributed by atoms with E-state index in [0.29, 0.717) is 11.3 Å². The zero-order valence-electron chi connectivity index (χ0n) is 9.93. The lowest BCUT2D eigenvalue weighted by molar-refractivity contribution is -0.384. The van der Waals surface area contributed by atoms with E-state index in [9.17, 15) is 10.1 Å². The Balaban J connectivity index is 2.17. The van der Waals surface area contributed by atoms with E-state index in [4.69, 9.17) is 5.26 Å². The number of rotatable bonds is 3. The van der Waals surface area contributed by atoms with Crippen LogP contribution < -0.4 is 5.43 Å². The predicted octanol–water partition coefficient (Wildman–Crippen LogP) is 2.28. The zero-order chi connectivity index (χ0) is 13.0. The number of nitro benzene ring substituents is 1. The number of hydrogen-bond acceptors (Lipinski definition) is 5. The van der Waals surface area contributed by atoms with Gasteiger partial charge in [0.05, 0.1) is 16.2 Å². The largest absolute Gasteiger partial charge is 0.318 e. The highest BCUT2D eigenvalue weighted by molar-refractivity contribution is 5.60. The number of hydrogen-bond donors (Lipinski definition) is 1. The number of hydrazine groups is 1. The van der Waals surface area contributed by atoms with Crippen molar-refractivity contribution in [1.29, 1.82) is 5.26 Å². The number of benzene rings is 1. The summed E-state index contributed by atoms with van der Waals surface area (Å²) in [6.45, 7) is 1.86. The summed E-state index contributed by atoms with van der Waals surface area (Å²) in [5, 5.41) is 21.7. The number of anilines is 1. The van der Waals surface area contributed by atoms with Gasteiger partial charge in [-0.3, -0.25) is 10.1 Å². The molecule has 6 nitrogen and oxygen atoms in total. The third-order valence-corrected chi connectivity index (χ3v) is 2.97. The van der Waals surface area contributed by atoms with Gasteiger partial charge < -0.3 is 5.43 Å². The molecule has 2 rings (SSSR count). The van der Waals surface area contributed by atoms with Crippen LogP contribution in [0.2, 0.25) is 0 Å². The van der Waals surface area contributed by atoms with Crippen LogP contribution in [0.25, 0.3) is 0 Å². The molecule has 1 fully saturated rings. The Morgan fingerprint density at radius 3 is 2.67 bits per heavy atom. The van der Waals surface area contributed by atoms with Gasteiger partial charge in [0.25, 0.3) is 5.69 Å². The van der Waals surface area contributed by atoms with Crippen molar-refractivity contribution in [2.45, 2.75) is 19.3 Å². The summed E-state index contributed by atoms with van der Waals surface area (Å²) >= 11 is 0. The van der Waals surface area contributed by atoms with Crippen molar-refractivity contribution >= 4 is 11.4 Å². The van der Waals surface area contributed by atoms with Gasteiger partial charge in [0.15, 0.2) is 0 Å². The van der Waals surface area contributed by atoms with E-state index in [1.54, 1.807) is 6.07 Å². The van der Waals surface area contributed by atoms with Crippen molar-refractivity contribution in [2.24, 2.45) is 0 Å². The molecule has 18 heavy (non-hydrogen) atoms. The van der Waals surface area contributed by atoms with Crippen LogP contribution in [0, 0.1) is 21.4 Å². The second kappa shape index (κ2) is 5.47. The van der Waals surface area contributed by atoms with Crippen molar-refractivity contribution in [3.05, 3.63) is 33.9 Å². The first-order valence-corrected chi connectivity index (χ1v) is 5.91. The van der Waals surface area contributed by atoms with Crippen molar-refractivity contribution in [3.63, 3.8) is 0 Å². The Hall–Kier alpha value is -2.13. The molecule has 1 aliphatic heterocycles. The van der Waals surface area contributed by atoms with Crippen LogP contribution >= 0.6 is 0 Å². The van der Waals surface area contributed by atoms with Gasteiger partial charge in [0.1, 0.15) is 6.07 Å². The SMILES string of the molecule is N#Cc1cc([N+](=O)[O-])ccc1NN1CCCCC1. The fraction of sp³-hybridized carbons (Fsp3) is 0.417. The Labute approximate surface area is 105 Å². The highest BCUT2D eigenvalue weighted by Crippen LogP contribution is 2.22. The summed E-state index contributed by atoms with van der Waals surface area (Å²) in [4.78, 5) is 10.1. The summed E-state index contributed by atoms with van der Waals surface area (Å²) in [7, 11) is 0. The zero-order valence-corrected chi connectivity index (χ0v) is 9.93. The molecule has 6 heteroatoms. The molecule has 1 saturated heterocycles. The van der Waals surface area contributed by atoms with Crippen LogP contribution in [0.1, 0.15) is 24.8 Å². The summed E-state index contributed by atoms with van der Waals surface area (Å²) in [5.74, 6) is 0. The Morgan fingerprint density at radius 1 is 1.33 bits per heavy atom. The number of nitrogens with one attached hydrogen (secondary N) is 1. The highest BCUT2D eigenvalue weighted by Gasteiger charge is 2.14. The van der Waals surface area contributed by atoms with Gasteiger partial charge in [0, 0.05) is 25.2 Å². The van der Waals surface area contributed by atoms with Crippen molar-refractivity contribution in [3.8, 4) is 6.07 Å². The topological polar surface area (TPSA) is 82.2 Å². The van der Waals surface area contributed by atoms with Crippen molar-refractivity contribution in [1.82, 2.24) is 5.01 Å². The molecule has 94 valence electrons. The normalized spacial score (nSPS) is 15.9. The third kappa shape index (κ3) is 2.76. The summed E-state index contributed by atoms with van der Waals surface area (Å²) < 4.78 is 0. The van der Waals surface area contributed by atoms with E-state index in [1.165, 1.54) is 18.6 Å². The van der Waals surface area contributed by atoms with E-state index < -0.39 is 4.92 Å². The minimum absolute atomic E-state index is 0.0595. The van der Waals surface area contributed by atoms with Crippen molar-refractivity contribution < 1.29 is 4.92 Å². The minimum Gasteiger partial charge on any atom is -0.318 e. The van der Waals surface area contributed by atoms with Gasteiger partial charge in [-0.1, -0.05) is 6.42 Å². The molecule has 0 unspecified atom stereocenters. The summed E-state index contributed by atoms with van der Waals surface area (Å²) in [5.41, 5.74) is 4.03. The lowest BCUT2D eigenvalue weighted by atomic mass is 10.1. The Morgan fingerprint density at radius 2 is 2.06 bits per heavy atom. The molecule has 0 saturated carbocycles. The Bertz CT molecular complexity index is 489. The molecule has 0 amide bonds. The maximum atomic E-state index is 10.6. The molecular weight excluding hydrogens is 232 g/mol. The third-order valence-electron chi connectivity index (χ3n) is 2.97. The predicted molar refractivity (Wildman–Crippen MR) is 66.9 cm³/mol. The first-order chi connectivity index (χ1) is 8.70. The van der Waals surface area contributed by atoms with Gasteiger partial charge >= 0.3 is 0 Å². The quantitative estimate of drug-likeness (QED) is 0.653. The molecule has 0 aromatic heterocycles. The van der Waals surface area contributed by atoms with Crippen LogP contribution in [0.3, 0.4) is 0 Å². The van der Waals surface area contributed by atoms with Gasteiger partial charge in [0.2, 0.25) is 0 Å². The molecule has 0 aliphatic carbocycles. The first kappa shape index (κ1) is 12.3. The van der Waals surface area contributed by atoms with Gasteiger partial charge in [-0.15, -0.1) is 0 Å². The van der Waals surface area contributed by atoms with Gasteiger partial charge in [-0.2, -0.15) is 5.26 Å². The number of piperidine rings is 1. The van der Waals surface area contributed by atoms with Gasteiger partial charge in [-0.05, 0) is 18.9 Å². The number of nitro groups is 1. The average molecular weight is 246 g/mol. The lowest BCUT2D eigenvalue weighted by Crippen LogP contribution is -2.35. The molecule has 0 spiro atoms. The van der Waals surface area contributed by atoms with Crippen LogP contribution in [-0.2, 0) is 0 Å². The van der Waals surface area contributed by atoms with E-state index in [-0.39, 0.29) is 5.69 Å². The van der Waals surface area contributed by atoms with E-state index >= 15 is 0 Å². The molecule has 0 atom stereocenters. The molecule has 1 aliphatic rings. The second-order valence-electron chi connectivity index (χ2n) is 4.26. The smallest absolute Gasteiger partial charge is 0.270 e. The molecule has 1 heterocycles. The molecular formula is C12H14N4O2. The fourth-order valence-electron chi connectivity index (χ4n) is 2.01. The van der Waals surface area contributed by atoms with E-state index in [2.05, 4.69) is 5.43 Å². The first-order valence-electron chi connectivity index (χ1n) is 5.91. The van der Waals surface area contributed by atoms with Crippen LogP contribution in [0.5, 0.6) is 0 Å². The maximum Gasteiger partial charge on any atom is 0.270 e. The van der Waals surface area contributed by atoms with Crippen LogP contribution in [0.4, 0.5) is 11.4 Å². The standard InChI is InChI=1S/C12H14N4O2/c13-9-10-8-11(16(17)18)4-5-12(10)14-15-6-2-1-3-7-15/h4-5,8,14H,1-3,6-7H2. The average Bonchev–Trinajstić information content (AvgIpc) is 2.40. The lowest BCUT2D eigenvalue weighted by Gasteiger charge is -2.28. The number of non-ortho nitro benzene ring substituents is 1. The molecule has 0 bridgehead atoms. The van der Waals surface area contributed by atoms with Crippen LogP contribution in [-0.4, -0.2) is 23.0 Å². The minimum atomic E-state index is -0.495. The summed E-state index contributed by atoms with van der Waals surface area (Å²) in [6.07, 6.45) is 3.48. The Kier molecular flexibility index (Phi) is 3.75.